The number of para-hydroxylation sites is 1. The molecule has 0 radical (unpaired) electrons. The summed E-state index contributed by atoms with van der Waals surface area (Å²) in [6.07, 6.45) is 0. The lowest BCUT2D eigenvalue weighted by atomic mass is 10.2. The first-order valence-electron chi connectivity index (χ1n) is 9.01. The van der Waals surface area contributed by atoms with E-state index in [1.807, 2.05) is 19.1 Å². The summed E-state index contributed by atoms with van der Waals surface area (Å²) >= 11 is 1.58. The molecule has 3 aromatic carbocycles. The van der Waals surface area contributed by atoms with E-state index in [1.165, 1.54) is 23.8 Å². The van der Waals surface area contributed by atoms with Crippen molar-refractivity contribution in [2.45, 2.75) is 12.7 Å². The van der Waals surface area contributed by atoms with Crippen molar-refractivity contribution >= 4 is 43.0 Å². The summed E-state index contributed by atoms with van der Waals surface area (Å²) in [4.78, 5) is 15.1. The van der Waals surface area contributed by atoms with Crippen molar-refractivity contribution in [2.24, 2.45) is 0 Å². The van der Waals surface area contributed by atoms with Crippen LogP contribution in [0.2, 0.25) is 0 Å². The number of hydrogen-bond acceptors (Lipinski definition) is 6. The quantitative estimate of drug-likeness (QED) is 0.332. The molecule has 0 unspecified atom stereocenters. The number of thiazole rings is 1. The Morgan fingerprint density at radius 1 is 1.07 bits per heavy atom. The first-order valence-corrected chi connectivity index (χ1v) is 11.5. The molecule has 0 atom stereocenters. The van der Waals surface area contributed by atoms with Gasteiger partial charge in [0, 0.05) is 22.9 Å². The number of rotatable bonds is 6. The van der Waals surface area contributed by atoms with Gasteiger partial charge in [0.2, 0.25) is 10.0 Å². The molecular weight excluding hydrogens is 422 g/mol. The minimum absolute atomic E-state index is 0.136. The van der Waals surface area contributed by atoms with Crippen molar-refractivity contribution in [3.63, 3.8) is 0 Å². The van der Waals surface area contributed by atoms with Gasteiger partial charge in [-0.05, 0) is 48.9 Å². The first-order chi connectivity index (χ1) is 14.3. The molecule has 0 amide bonds. The Kier molecular flexibility index (Phi) is 5.23. The molecule has 0 fully saturated rings. The number of nitro benzene ring substituents is 1. The lowest BCUT2D eigenvalue weighted by Gasteiger charge is -2.09. The van der Waals surface area contributed by atoms with Gasteiger partial charge in [0.25, 0.3) is 5.69 Å². The predicted molar refractivity (Wildman–Crippen MR) is 119 cm³/mol. The number of benzene rings is 3. The average molecular weight is 440 g/mol. The van der Waals surface area contributed by atoms with Crippen molar-refractivity contribution < 1.29 is 13.3 Å². The van der Waals surface area contributed by atoms with Crippen molar-refractivity contribution in [3.05, 3.63) is 88.0 Å². The molecule has 7 nitrogen and oxygen atoms in total. The Bertz CT molecular complexity index is 1350. The number of fused-ring (bicyclic) bond motifs is 1. The third-order valence-corrected chi connectivity index (χ3v) is 6.79. The van der Waals surface area contributed by atoms with Gasteiger partial charge >= 0.3 is 0 Å². The molecule has 4 aromatic rings. The Morgan fingerprint density at radius 2 is 1.80 bits per heavy atom. The Balaban J connectivity index is 1.53. The molecule has 0 saturated carbocycles. The fourth-order valence-corrected chi connectivity index (χ4v) is 5.36. The highest BCUT2D eigenvalue weighted by Crippen LogP contribution is 2.31. The van der Waals surface area contributed by atoms with Gasteiger partial charge in [-0.15, -0.1) is 11.3 Å². The van der Waals surface area contributed by atoms with Crippen LogP contribution in [0.5, 0.6) is 0 Å². The summed E-state index contributed by atoms with van der Waals surface area (Å²) in [5, 5.41) is 12.0. The van der Waals surface area contributed by atoms with Gasteiger partial charge < -0.3 is 0 Å². The minimum Gasteiger partial charge on any atom is -0.283 e. The maximum Gasteiger partial charge on any atom is 0.273 e. The molecule has 152 valence electrons. The van der Waals surface area contributed by atoms with Crippen LogP contribution < -0.4 is 4.72 Å². The number of hydrogen-bond donors (Lipinski definition) is 1. The van der Waals surface area contributed by atoms with E-state index in [0.29, 0.717) is 5.69 Å². The Hall–Kier alpha value is -3.30. The number of sulfonamides is 1. The molecule has 0 bridgehead atoms. The number of nitrogens with zero attached hydrogens (tertiary/aromatic N) is 2. The number of aryl methyl sites for hydroxylation is 1. The average Bonchev–Trinajstić information content (AvgIpc) is 3.11. The van der Waals surface area contributed by atoms with Crippen LogP contribution in [0.3, 0.4) is 0 Å². The second-order valence-electron chi connectivity index (χ2n) is 6.81. The van der Waals surface area contributed by atoms with E-state index in [2.05, 4.69) is 15.8 Å². The van der Waals surface area contributed by atoms with Crippen LogP contribution in [0.1, 0.15) is 11.1 Å². The van der Waals surface area contributed by atoms with Crippen molar-refractivity contribution in [2.75, 3.05) is 4.72 Å². The Morgan fingerprint density at radius 3 is 2.53 bits per heavy atom. The summed E-state index contributed by atoms with van der Waals surface area (Å²) < 4.78 is 28.6. The van der Waals surface area contributed by atoms with E-state index in [4.69, 9.17) is 0 Å². The molecule has 0 saturated heterocycles. The topological polar surface area (TPSA) is 102 Å². The van der Waals surface area contributed by atoms with E-state index in [9.17, 15) is 18.5 Å². The van der Waals surface area contributed by atoms with Gasteiger partial charge in [0.15, 0.2) is 0 Å². The van der Waals surface area contributed by atoms with Crippen LogP contribution >= 0.6 is 11.3 Å². The summed E-state index contributed by atoms with van der Waals surface area (Å²) in [6.45, 7) is 2.03. The van der Waals surface area contributed by atoms with E-state index < -0.39 is 20.7 Å². The summed E-state index contributed by atoms with van der Waals surface area (Å²) in [7, 11) is -3.81. The van der Waals surface area contributed by atoms with E-state index in [0.717, 1.165) is 20.8 Å². The van der Waals surface area contributed by atoms with Crippen molar-refractivity contribution in [1.29, 1.82) is 0 Å². The lowest BCUT2D eigenvalue weighted by molar-refractivity contribution is -0.385. The molecular formula is C21H17N3O4S2. The molecule has 0 aliphatic heterocycles. The zero-order chi connectivity index (χ0) is 21.3. The maximum atomic E-state index is 12.5. The zero-order valence-corrected chi connectivity index (χ0v) is 17.5. The normalized spacial score (nSPS) is 11.5. The molecule has 1 heterocycles. The van der Waals surface area contributed by atoms with Crippen LogP contribution in [0.4, 0.5) is 11.4 Å². The maximum absolute atomic E-state index is 12.5. The smallest absolute Gasteiger partial charge is 0.273 e. The van der Waals surface area contributed by atoms with E-state index in [1.54, 1.807) is 41.7 Å². The molecule has 30 heavy (non-hydrogen) atoms. The van der Waals surface area contributed by atoms with E-state index >= 15 is 0 Å². The SMILES string of the molecule is Cc1ccc2nc(-c3ccc(NS(=O)(=O)Cc4ccccc4[N+](=O)[O-])cc3)sc2c1. The van der Waals surface area contributed by atoms with Crippen LogP contribution in [0.25, 0.3) is 20.8 Å². The monoisotopic (exact) mass is 439 g/mol. The number of nitrogens with one attached hydrogen (secondary N) is 1. The third-order valence-electron chi connectivity index (χ3n) is 4.48. The highest BCUT2D eigenvalue weighted by atomic mass is 32.2. The van der Waals surface area contributed by atoms with Gasteiger partial charge in [0.1, 0.15) is 10.8 Å². The molecule has 1 N–H and O–H groups in total. The molecule has 0 aliphatic rings. The first kappa shape index (κ1) is 20.0. The van der Waals surface area contributed by atoms with Gasteiger partial charge in [-0.3, -0.25) is 14.8 Å². The summed E-state index contributed by atoms with van der Waals surface area (Å²) in [5.74, 6) is -0.483. The largest absolute Gasteiger partial charge is 0.283 e. The molecule has 4 rings (SSSR count). The highest BCUT2D eigenvalue weighted by Gasteiger charge is 2.20. The predicted octanol–water partition coefficient (Wildman–Crippen LogP) is 5.12. The van der Waals surface area contributed by atoms with Gasteiger partial charge in [-0.25, -0.2) is 13.4 Å². The van der Waals surface area contributed by atoms with Crippen molar-refractivity contribution in [1.82, 2.24) is 4.98 Å². The van der Waals surface area contributed by atoms with Crippen LogP contribution in [0, 0.1) is 17.0 Å². The molecule has 9 heteroatoms. The van der Waals surface area contributed by atoms with Crippen molar-refractivity contribution in [3.8, 4) is 10.6 Å². The van der Waals surface area contributed by atoms with Crippen LogP contribution in [0.15, 0.2) is 66.7 Å². The minimum atomic E-state index is -3.81. The third kappa shape index (κ3) is 4.32. The van der Waals surface area contributed by atoms with Gasteiger partial charge in [-0.2, -0.15) is 0 Å². The Labute approximate surface area is 177 Å². The number of aromatic nitrogens is 1. The van der Waals surface area contributed by atoms with Crippen LogP contribution in [-0.2, 0) is 15.8 Å². The fraction of sp³-hybridized carbons (Fsp3) is 0.0952. The lowest BCUT2D eigenvalue weighted by Crippen LogP contribution is -2.15. The highest BCUT2D eigenvalue weighted by molar-refractivity contribution is 7.91. The van der Waals surface area contributed by atoms with Gasteiger partial charge in [-0.1, -0.05) is 24.3 Å². The standard InChI is InChI=1S/C21H17N3O4S2/c1-14-6-11-18-20(12-14)29-21(22-18)15-7-9-17(10-8-15)23-30(27,28)13-16-4-2-3-5-19(16)24(25)26/h2-12,23H,13H2,1H3. The van der Waals surface area contributed by atoms with E-state index in [-0.39, 0.29) is 11.3 Å². The number of nitro groups is 1. The fourth-order valence-electron chi connectivity index (χ4n) is 3.07. The second kappa shape index (κ2) is 7.85. The van der Waals surface area contributed by atoms with Gasteiger partial charge in [0.05, 0.1) is 15.1 Å². The molecule has 0 spiro atoms. The second-order valence-corrected chi connectivity index (χ2v) is 9.57. The summed E-state index contributed by atoms with van der Waals surface area (Å²) in [6, 6.07) is 18.8. The number of anilines is 1. The zero-order valence-electron chi connectivity index (χ0n) is 15.9. The molecule has 0 aliphatic carbocycles. The molecule has 1 aromatic heterocycles. The summed E-state index contributed by atoms with van der Waals surface area (Å²) in [5.41, 5.74) is 3.28. The van der Waals surface area contributed by atoms with Crippen LogP contribution in [-0.4, -0.2) is 18.3 Å².